The van der Waals surface area contributed by atoms with Crippen LogP contribution >= 0.6 is 11.3 Å². The van der Waals surface area contributed by atoms with Gasteiger partial charge in [-0.25, -0.2) is 0 Å². The molecular weight excluding hydrogens is 234 g/mol. The lowest BCUT2D eigenvalue weighted by Crippen LogP contribution is -2.53. The van der Waals surface area contributed by atoms with E-state index < -0.39 is 6.10 Å². The molecular formula is C13H21NO2S. The molecule has 2 heterocycles. The molecule has 0 spiro atoms. The number of ether oxygens (including phenoxy) is 1. The molecule has 1 saturated heterocycles. The Bertz CT molecular complexity index is 369. The summed E-state index contributed by atoms with van der Waals surface area (Å²) >= 11 is 1.64. The molecule has 1 N–H and O–H groups in total. The van der Waals surface area contributed by atoms with Crippen LogP contribution in [0.3, 0.4) is 0 Å². The number of thiophene rings is 1. The van der Waals surface area contributed by atoms with Crippen molar-refractivity contribution in [1.82, 2.24) is 4.90 Å². The molecule has 1 aliphatic heterocycles. The molecule has 3 nitrogen and oxygen atoms in total. The molecule has 0 amide bonds. The average Bonchev–Trinajstić information content (AvgIpc) is 2.75. The summed E-state index contributed by atoms with van der Waals surface area (Å²) in [5, 5.41) is 12.6. The van der Waals surface area contributed by atoms with Gasteiger partial charge in [0.15, 0.2) is 0 Å². The van der Waals surface area contributed by atoms with E-state index in [1.807, 2.05) is 5.38 Å². The van der Waals surface area contributed by atoms with E-state index >= 15 is 0 Å². The van der Waals surface area contributed by atoms with Gasteiger partial charge in [-0.1, -0.05) is 0 Å². The van der Waals surface area contributed by atoms with Crippen LogP contribution in [-0.2, 0) is 4.74 Å². The van der Waals surface area contributed by atoms with E-state index in [4.69, 9.17) is 4.74 Å². The molecule has 17 heavy (non-hydrogen) atoms. The van der Waals surface area contributed by atoms with E-state index in [1.54, 1.807) is 11.3 Å². The molecule has 1 aromatic heterocycles. The molecule has 4 heteroatoms. The minimum Gasteiger partial charge on any atom is -0.386 e. The highest BCUT2D eigenvalue weighted by atomic mass is 32.1. The van der Waals surface area contributed by atoms with Crippen molar-refractivity contribution in [3.63, 3.8) is 0 Å². The zero-order chi connectivity index (χ0) is 12.5. The lowest BCUT2D eigenvalue weighted by molar-refractivity contribution is -0.0621. The van der Waals surface area contributed by atoms with E-state index in [0.717, 1.165) is 31.2 Å². The molecule has 0 aliphatic carbocycles. The predicted molar refractivity (Wildman–Crippen MR) is 70.5 cm³/mol. The van der Waals surface area contributed by atoms with Crippen molar-refractivity contribution in [3.8, 4) is 0 Å². The van der Waals surface area contributed by atoms with E-state index in [2.05, 4.69) is 31.7 Å². The summed E-state index contributed by atoms with van der Waals surface area (Å²) in [6, 6.07) is 2.07. The summed E-state index contributed by atoms with van der Waals surface area (Å²) < 4.78 is 5.37. The summed E-state index contributed by atoms with van der Waals surface area (Å²) in [5.74, 6) is 0. The van der Waals surface area contributed by atoms with Gasteiger partial charge in [0.05, 0.1) is 13.2 Å². The third kappa shape index (κ3) is 2.55. The van der Waals surface area contributed by atoms with Crippen molar-refractivity contribution in [1.29, 1.82) is 0 Å². The van der Waals surface area contributed by atoms with Crippen LogP contribution in [0.25, 0.3) is 0 Å². The molecule has 1 atom stereocenters. The van der Waals surface area contributed by atoms with E-state index in [1.165, 1.54) is 5.56 Å². The Morgan fingerprint density at radius 3 is 2.59 bits per heavy atom. The zero-order valence-electron chi connectivity index (χ0n) is 10.8. The van der Waals surface area contributed by atoms with Crippen LogP contribution in [0.1, 0.15) is 30.4 Å². The van der Waals surface area contributed by atoms with Crippen LogP contribution in [0.4, 0.5) is 0 Å². The van der Waals surface area contributed by atoms with Gasteiger partial charge in [0.25, 0.3) is 0 Å². The monoisotopic (exact) mass is 255 g/mol. The Balaban J connectivity index is 2.16. The average molecular weight is 255 g/mol. The first kappa shape index (κ1) is 13.0. The normalized spacial score (nSPS) is 20.5. The summed E-state index contributed by atoms with van der Waals surface area (Å²) in [7, 11) is 0. The van der Waals surface area contributed by atoms with Gasteiger partial charge < -0.3 is 9.84 Å². The molecule has 1 unspecified atom stereocenters. The Morgan fingerprint density at radius 2 is 2.06 bits per heavy atom. The Labute approximate surface area is 107 Å². The molecule has 0 bridgehead atoms. The SMILES string of the molecule is Cc1ccsc1C(O)C(C)(C)N1CCOCC1. The van der Waals surface area contributed by atoms with E-state index in [9.17, 15) is 5.11 Å². The van der Waals surface area contributed by atoms with Crippen LogP contribution in [-0.4, -0.2) is 41.8 Å². The second-order valence-electron chi connectivity index (χ2n) is 5.12. The van der Waals surface area contributed by atoms with Crippen molar-refractivity contribution in [3.05, 3.63) is 21.9 Å². The number of aliphatic hydroxyl groups excluding tert-OH is 1. The van der Waals surface area contributed by atoms with E-state index in [0.29, 0.717) is 0 Å². The number of hydrogen-bond acceptors (Lipinski definition) is 4. The van der Waals surface area contributed by atoms with Crippen molar-refractivity contribution < 1.29 is 9.84 Å². The fourth-order valence-corrected chi connectivity index (χ4v) is 3.39. The molecule has 96 valence electrons. The predicted octanol–water partition coefficient (Wildman–Crippen LogP) is 2.20. The van der Waals surface area contributed by atoms with Crippen LogP contribution in [0, 0.1) is 6.92 Å². The molecule has 0 aromatic carbocycles. The van der Waals surface area contributed by atoms with Gasteiger partial charge in [-0.3, -0.25) is 4.90 Å². The summed E-state index contributed by atoms with van der Waals surface area (Å²) in [6.45, 7) is 9.61. The zero-order valence-corrected chi connectivity index (χ0v) is 11.6. The molecule has 0 radical (unpaired) electrons. The van der Waals surface area contributed by atoms with Crippen molar-refractivity contribution >= 4 is 11.3 Å². The summed E-state index contributed by atoms with van der Waals surface area (Å²) in [6.07, 6.45) is -0.430. The van der Waals surface area contributed by atoms with Gasteiger partial charge in [0.1, 0.15) is 6.10 Å². The number of aliphatic hydroxyl groups is 1. The molecule has 2 rings (SSSR count). The van der Waals surface area contributed by atoms with Crippen LogP contribution < -0.4 is 0 Å². The summed E-state index contributed by atoms with van der Waals surface area (Å²) in [4.78, 5) is 3.40. The van der Waals surface area contributed by atoms with Crippen LogP contribution in [0.2, 0.25) is 0 Å². The largest absolute Gasteiger partial charge is 0.386 e. The maximum absolute atomic E-state index is 10.6. The quantitative estimate of drug-likeness (QED) is 0.899. The maximum Gasteiger partial charge on any atom is 0.106 e. The highest BCUT2D eigenvalue weighted by molar-refractivity contribution is 7.10. The van der Waals surface area contributed by atoms with Gasteiger partial charge in [-0.05, 0) is 37.8 Å². The standard InChI is InChI=1S/C13H21NO2S/c1-10-4-9-17-11(10)12(15)13(2,3)14-5-7-16-8-6-14/h4,9,12,15H,5-8H2,1-3H3. The van der Waals surface area contributed by atoms with Crippen LogP contribution in [0.15, 0.2) is 11.4 Å². The van der Waals surface area contributed by atoms with Crippen molar-refractivity contribution in [2.75, 3.05) is 26.3 Å². The van der Waals surface area contributed by atoms with Crippen LogP contribution in [0.5, 0.6) is 0 Å². The van der Waals surface area contributed by atoms with Gasteiger partial charge >= 0.3 is 0 Å². The highest BCUT2D eigenvalue weighted by Gasteiger charge is 2.37. The van der Waals surface area contributed by atoms with Gasteiger partial charge in [-0.15, -0.1) is 11.3 Å². The minimum absolute atomic E-state index is 0.237. The van der Waals surface area contributed by atoms with Gasteiger partial charge in [0, 0.05) is 23.5 Å². The second kappa shape index (κ2) is 5.06. The lowest BCUT2D eigenvalue weighted by Gasteiger charge is -2.43. The molecule has 1 aliphatic rings. The molecule has 1 aromatic rings. The summed E-state index contributed by atoms with van der Waals surface area (Å²) in [5.41, 5.74) is 0.947. The third-order valence-corrected chi connectivity index (χ3v) is 4.72. The minimum atomic E-state index is -0.430. The number of hydrogen-bond donors (Lipinski definition) is 1. The fraction of sp³-hybridized carbons (Fsp3) is 0.692. The van der Waals surface area contributed by atoms with Gasteiger partial charge in [-0.2, -0.15) is 0 Å². The van der Waals surface area contributed by atoms with E-state index in [-0.39, 0.29) is 5.54 Å². The van der Waals surface area contributed by atoms with Gasteiger partial charge in [0.2, 0.25) is 0 Å². The fourth-order valence-electron chi connectivity index (χ4n) is 2.30. The number of aryl methyl sites for hydroxylation is 1. The molecule has 1 fully saturated rings. The number of rotatable bonds is 3. The highest BCUT2D eigenvalue weighted by Crippen LogP contribution is 2.35. The topological polar surface area (TPSA) is 32.7 Å². The number of morpholine rings is 1. The van der Waals surface area contributed by atoms with Crippen molar-refractivity contribution in [2.45, 2.75) is 32.4 Å². The molecule has 0 saturated carbocycles. The maximum atomic E-state index is 10.6. The lowest BCUT2D eigenvalue weighted by atomic mass is 9.92. The first-order valence-electron chi connectivity index (χ1n) is 6.08. The second-order valence-corrected chi connectivity index (χ2v) is 6.07. The van der Waals surface area contributed by atoms with Crippen molar-refractivity contribution in [2.24, 2.45) is 0 Å². The Kier molecular flexibility index (Phi) is 3.88. The number of nitrogens with zero attached hydrogens (tertiary/aromatic N) is 1. The first-order chi connectivity index (χ1) is 8.03. The smallest absolute Gasteiger partial charge is 0.106 e. The third-order valence-electron chi connectivity index (χ3n) is 3.65. The Hall–Kier alpha value is -0.420. The Morgan fingerprint density at radius 1 is 1.41 bits per heavy atom. The first-order valence-corrected chi connectivity index (χ1v) is 6.96.